The SMILES string of the molecule is COc1cccc(OC)c1C(=O)NC1CC(=O)Nc2ccccc21. The van der Waals surface area contributed by atoms with Crippen LogP contribution in [0.25, 0.3) is 0 Å². The summed E-state index contributed by atoms with van der Waals surface area (Å²) >= 11 is 0. The first-order valence-electron chi connectivity index (χ1n) is 7.54. The van der Waals surface area contributed by atoms with Crippen LogP contribution in [0.4, 0.5) is 5.69 Å². The lowest BCUT2D eigenvalue weighted by Crippen LogP contribution is -2.35. The lowest BCUT2D eigenvalue weighted by atomic mass is 9.97. The number of para-hydroxylation sites is 1. The first-order chi connectivity index (χ1) is 11.6. The molecule has 1 unspecified atom stereocenters. The van der Waals surface area contributed by atoms with Gasteiger partial charge < -0.3 is 20.1 Å². The fourth-order valence-electron chi connectivity index (χ4n) is 2.85. The van der Waals surface area contributed by atoms with E-state index in [0.717, 1.165) is 5.56 Å². The summed E-state index contributed by atoms with van der Waals surface area (Å²) in [5, 5.41) is 5.72. The van der Waals surface area contributed by atoms with Gasteiger partial charge in [0.2, 0.25) is 5.91 Å². The quantitative estimate of drug-likeness (QED) is 0.905. The summed E-state index contributed by atoms with van der Waals surface area (Å²) < 4.78 is 10.5. The molecule has 1 heterocycles. The monoisotopic (exact) mass is 326 g/mol. The van der Waals surface area contributed by atoms with Crippen molar-refractivity contribution in [2.45, 2.75) is 12.5 Å². The van der Waals surface area contributed by atoms with E-state index in [4.69, 9.17) is 9.47 Å². The molecule has 2 aromatic carbocycles. The van der Waals surface area contributed by atoms with Gasteiger partial charge in [0, 0.05) is 5.69 Å². The third-order valence-corrected chi connectivity index (χ3v) is 3.96. The van der Waals surface area contributed by atoms with Gasteiger partial charge in [-0.05, 0) is 23.8 Å². The number of rotatable bonds is 4. The fraction of sp³-hybridized carbons (Fsp3) is 0.222. The van der Waals surface area contributed by atoms with Crippen LogP contribution in [0.1, 0.15) is 28.4 Å². The predicted molar refractivity (Wildman–Crippen MR) is 89.4 cm³/mol. The number of hydrogen-bond acceptors (Lipinski definition) is 4. The van der Waals surface area contributed by atoms with E-state index in [1.54, 1.807) is 18.2 Å². The zero-order valence-electron chi connectivity index (χ0n) is 13.5. The van der Waals surface area contributed by atoms with E-state index in [2.05, 4.69) is 10.6 Å². The highest BCUT2D eigenvalue weighted by Crippen LogP contribution is 2.32. The van der Waals surface area contributed by atoms with Gasteiger partial charge in [0.15, 0.2) is 0 Å². The molecule has 3 rings (SSSR count). The average Bonchev–Trinajstić information content (AvgIpc) is 2.60. The van der Waals surface area contributed by atoms with Gasteiger partial charge in [-0.25, -0.2) is 0 Å². The third kappa shape index (κ3) is 2.90. The van der Waals surface area contributed by atoms with Crippen LogP contribution in [0.5, 0.6) is 11.5 Å². The number of methoxy groups -OCH3 is 2. The number of hydrogen-bond donors (Lipinski definition) is 2. The van der Waals surface area contributed by atoms with Crippen LogP contribution in [0.2, 0.25) is 0 Å². The van der Waals surface area contributed by atoms with Crippen LogP contribution in [0, 0.1) is 0 Å². The van der Waals surface area contributed by atoms with Crippen LogP contribution >= 0.6 is 0 Å². The van der Waals surface area contributed by atoms with Crippen molar-refractivity contribution in [1.82, 2.24) is 5.32 Å². The molecule has 0 saturated carbocycles. The third-order valence-electron chi connectivity index (χ3n) is 3.96. The van der Waals surface area contributed by atoms with Crippen molar-refractivity contribution in [1.29, 1.82) is 0 Å². The second kappa shape index (κ2) is 6.62. The Morgan fingerprint density at radius 1 is 1.08 bits per heavy atom. The van der Waals surface area contributed by atoms with E-state index in [9.17, 15) is 9.59 Å². The molecule has 124 valence electrons. The molecule has 1 aliphatic rings. The first kappa shape index (κ1) is 15.9. The molecule has 0 aliphatic carbocycles. The molecule has 2 N–H and O–H groups in total. The van der Waals surface area contributed by atoms with Crippen LogP contribution in [0.15, 0.2) is 42.5 Å². The Morgan fingerprint density at radius 2 is 1.75 bits per heavy atom. The average molecular weight is 326 g/mol. The second-order valence-electron chi connectivity index (χ2n) is 5.40. The van der Waals surface area contributed by atoms with Crippen molar-refractivity contribution in [3.05, 3.63) is 53.6 Å². The van der Waals surface area contributed by atoms with Crippen molar-refractivity contribution in [2.24, 2.45) is 0 Å². The van der Waals surface area contributed by atoms with Gasteiger partial charge in [0.1, 0.15) is 17.1 Å². The Bertz CT molecular complexity index is 766. The number of carbonyl (C=O) groups is 2. The first-order valence-corrected chi connectivity index (χ1v) is 7.54. The van der Waals surface area contributed by atoms with E-state index in [1.807, 2.05) is 24.3 Å². The fourth-order valence-corrected chi connectivity index (χ4v) is 2.85. The Labute approximate surface area is 139 Å². The number of fused-ring (bicyclic) bond motifs is 1. The molecule has 0 radical (unpaired) electrons. The van der Waals surface area contributed by atoms with E-state index >= 15 is 0 Å². The van der Waals surface area contributed by atoms with Gasteiger partial charge in [0.05, 0.1) is 26.7 Å². The van der Waals surface area contributed by atoms with Crippen LogP contribution in [-0.2, 0) is 4.79 Å². The summed E-state index contributed by atoms with van der Waals surface area (Å²) in [6, 6.07) is 12.1. The molecule has 6 nitrogen and oxygen atoms in total. The smallest absolute Gasteiger partial charge is 0.259 e. The number of carbonyl (C=O) groups excluding carboxylic acids is 2. The predicted octanol–water partition coefficient (Wildman–Crippen LogP) is 2.52. The van der Waals surface area contributed by atoms with Crippen LogP contribution in [-0.4, -0.2) is 26.0 Å². The molecule has 0 fully saturated rings. The van der Waals surface area contributed by atoms with Gasteiger partial charge in [0.25, 0.3) is 5.91 Å². The molecule has 2 amide bonds. The maximum atomic E-state index is 12.8. The standard InChI is InChI=1S/C18H18N2O4/c1-23-14-8-5-9-15(24-2)17(14)18(22)20-13-10-16(21)19-12-7-4-3-6-11(12)13/h3-9,13H,10H2,1-2H3,(H,19,21)(H,20,22). The largest absolute Gasteiger partial charge is 0.496 e. The molecule has 1 atom stereocenters. The summed E-state index contributed by atoms with van der Waals surface area (Å²) in [6.07, 6.45) is 0.181. The topological polar surface area (TPSA) is 76.7 Å². The maximum absolute atomic E-state index is 12.8. The Balaban J connectivity index is 1.93. The molecule has 2 aromatic rings. The van der Waals surface area contributed by atoms with Crippen molar-refractivity contribution in [2.75, 3.05) is 19.5 Å². The van der Waals surface area contributed by atoms with E-state index in [-0.39, 0.29) is 18.2 Å². The number of ether oxygens (including phenoxy) is 2. The minimum Gasteiger partial charge on any atom is -0.496 e. The molecule has 0 spiro atoms. The normalized spacial score (nSPS) is 15.9. The number of benzene rings is 2. The molecular weight excluding hydrogens is 308 g/mol. The summed E-state index contributed by atoms with van der Waals surface area (Å²) in [5.74, 6) is 0.352. The summed E-state index contributed by atoms with van der Waals surface area (Å²) in [4.78, 5) is 24.7. The zero-order chi connectivity index (χ0) is 17.1. The lowest BCUT2D eigenvalue weighted by Gasteiger charge is -2.26. The molecular formula is C18H18N2O4. The highest BCUT2D eigenvalue weighted by Gasteiger charge is 2.28. The van der Waals surface area contributed by atoms with Crippen molar-refractivity contribution >= 4 is 17.5 Å². The molecule has 0 bridgehead atoms. The van der Waals surface area contributed by atoms with Crippen molar-refractivity contribution in [3.8, 4) is 11.5 Å². The number of nitrogens with one attached hydrogen (secondary N) is 2. The summed E-state index contributed by atoms with van der Waals surface area (Å²) in [6.45, 7) is 0. The molecule has 0 aromatic heterocycles. The van der Waals surface area contributed by atoms with Gasteiger partial charge >= 0.3 is 0 Å². The molecule has 0 saturated heterocycles. The Morgan fingerprint density at radius 3 is 2.42 bits per heavy atom. The second-order valence-corrected chi connectivity index (χ2v) is 5.40. The maximum Gasteiger partial charge on any atom is 0.259 e. The summed E-state index contributed by atoms with van der Waals surface area (Å²) in [5.41, 5.74) is 1.90. The van der Waals surface area contributed by atoms with E-state index < -0.39 is 6.04 Å². The minimum atomic E-state index is -0.405. The number of anilines is 1. The van der Waals surface area contributed by atoms with Gasteiger partial charge in [-0.3, -0.25) is 9.59 Å². The zero-order valence-corrected chi connectivity index (χ0v) is 13.5. The van der Waals surface area contributed by atoms with Crippen molar-refractivity contribution in [3.63, 3.8) is 0 Å². The van der Waals surface area contributed by atoms with Crippen LogP contribution < -0.4 is 20.1 Å². The Hall–Kier alpha value is -3.02. The van der Waals surface area contributed by atoms with Crippen LogP contribution in [0.3, 0.4) is 0 Å². The highest BCUT2D eigenvalue weighted by molar-refractivity contribution is 6.01. The van der Waals surface area contributed by atoms with E-state index in [1.165, 1.54) is 14.2 Å². The molecule has 1 aliphatic heterocycles. The molecule has 24 heavy (non-hydrogen) atoms. The van der Waals surface area contributed by atoms with Gasteiger partial charge in [-0.15, -0.1) is 0 Å². The van der Waals surface area contributed by atoms with Gasteiger partial charge in [-0.2, -0.15) is 0 Å². The highest BCUT2D eigenvalue weighted by atomic mass is 16.5. The minimum absolute atomic E-state index is 0.133. The van der Waals surface area contributed by atoms with E-state index in [0.29, 0.717) is 22.7 Å². The summed E-state index contributed by atoms with van der Waals surface area (Å²) in [7, 11) is 2.99. The molecule has 6 heteroatoms. The Kier molecular flexibility index (Phi) is 4.37. The van der Waals surface area contributed by atoms with Gasteiger partial charge in [-0.1, -0.05) is 24.3 Å². The van der Waals surface area contributed by atoms with Crippen molar-refractivity contribution < 1.29 is 19.1 Å². The number of amides is 2. The lowest BCUT2D eigenvalue weighted by molar-refractivity contribution is -0.116.